The number of anilines is 1. The Balaban J connectivity index is 1.85. The van der Waals surface area contributed by atoms with E-state index in [9.17, 15) is 0 Å². The van der Waals surface area contributed by atoms with Crippen LogP contribution in [0.1, 0.15) is 11.1 Å². The molecule has 1 aliphatic rings. The van der Waals surface area contributed by atoms with Crippen molar-refractivity contribution in [3.05, 3.63) is 58.6 Å². The molecule has 2 aromatic carbocycles. The molecule has 0 spiro atoms. The Hall–Kier alpha value is -1.71. The Morgan fingerprint density at radius 3 is 2.90 bits per heavy atom. The number of nitrogens with zero attached hydrogens (tertiary/aromatic N) is 1. The number of para-hydroxylation sites is 1. The second-order valence-electron chi connectivity index (χ2n) is 5.18. The molecule has 3 nitrogen and oxygen atoms in total. The zero-order valence-corrected chi connectivity index (χ0v) is 12.9. The van der Waals surface area contributed by atoms with Crippen LogP contribution in [0.2, 0.25) is 5.02 Å². The molecule has 2 aromatic rings. The topological polar surface area (TPSA) is 24.5 Å². The molecule has 110 valence electrons. The van der Waals surface area contributed by atoms with Gasteiger partial charge in [0.05, 0.1) is 6.54 Å². The Kier molecular flexibility index (Phi) is 4.32. The maximum absolute atomic E-state index is 6.37. The van der Waals surface area contributed by atoms with E-state index in [0.29, 0.717) is 6.61 Å². The number of halogens is 1. The molecule has 21 heavy (non-hydrogen) atoms. The molecule has 3 rings (SSSR count). The van der Waals surface area contributed by atoms with Crippen LogP contribution in [0, 0.1) is 0 Å². The normalized spacial score (nSPS) is 14.3. The number of ether oxygens (including phenoxy) is 1. The summed E-state index contributed by atoms with van der Waals surface area (Å²) >= 11 is 6.37. The van der Waals surface area contributed by atoms with Crippen LogP contribution < -0.4 is 15.0 Å². The predicted octanol–water partition coefficient (Wildman–Crippen LogP) is 3.46. The summed E-state index contributed by atoms with van der Waals surface area (Å²) in [6.45, 7) is 3.17. The summed E-state index contributed by atoms with van der Waals surface area (Å²) < 4.78 is 5.81. The third kappa shape index (κ3) is 3.14. The monoisotopic (exact) mass is 302 g/mol. The van der Waals surface area contributed by atoms with E-state index in [-0.39, 0.29) is 0 Å². The minimum Gasteiger partial charge on any atom is -0.491 e. The van der Waals surface area contributed by atoms with E-state index in [1.807, 2.05) is 25.2 Å². The van der Waals surface area contributed by atoms with Gasteiger partial charge in [-0.3, -0.25) is 0 Å². The fraction of sp³-hybridized carbons (Fsp3) is 0.294. The van der Waals surface area contributed by atoms with Crippen molar-refractivity contribution in [1.82, 2.24) is 5.32 Å². The van der Waals surface area contributed by atoms with Crippen molar-refractivity contribution < 1.29 is 4.74 Å². The molecule has 0 bridgehead atoms. The van der Waals surface area contributed by atoms with Crippen LogP contribution in [-0.2, 0) is 13.1 Å². The fourth-order valence-electron chi connectivity index (χ4n) is 2.61. The SMILES string of the molecule is CNCc1ccc(N2CCOc3ccccc3C2)cc1Cl. The molecule has 1 N–H and O–H groups in total. The predicted molar refractivity (Wildman–Crippen MR) is 87.2 cm³/mol. The van der Waals surface area contributed by atoms with Crippen molar-refractivity contribution in [2.75, 3.05) is 25.1 Å². The smallest absolute Gasteiger partial charge is 0.124 e. The van der Waals surface area contributed by atoms with Crippen LogP contribution in [0.15, 0.2) is 42.5 Å². The molecule has 1 heterocycles. The van der Waals surface area contributed by atoms with Crippen LogP contribution in [-0.4, -0.2) is 20.2 Å². The third-order valence-corrected chi connectivity index (χ3v) is 4.07. The molecule has 0 radical (unpaired) electrons. The Morgan fingerprint density at radius 1 is 1.24 bits per heavy atom. The van der Waals surface area contributed by atoms with E-state index in [0.717, 1.165) is 41.7 Å². The van der Waals surface area contributed by atoms with Gasteiger partial charge < -0.3 is 15.0 Å². The van der Waals surface area contributed by atoms with Gasteiger partial charge in [-0.15, -0.1) is 0 Å². The highest BCUT2D eigenvalue weighted by molar-refractivity contribution is 6.31. The van der Waals surface area contributed by atoms with Gasteiger partial charge in [0.1, 0.15) is 12.4 Å². The number of hydrogen-bond donors (Lipinski definition) is 1. The van der Waals surface area contributed by atoms with Gasteiger partial charge in [0, 0.05) is 29.4 Å². The first kappa shape index (κ1) is 14.2. The number of rotatable bonds is 3. The molecule has 0 aromatic heterocycles. The van der Waals surface area contributed by atoms with Gasteiger partial charge in [0.25, 0.3) is 0 Å². The lowest BCUT2D eigenvalue weighted by Gasteiger charge is -2.23. The van der Waals surface area contributed by atoms with Gasteiger partial charge in [0.15, 0.2) is 0 Å². The van der Waals surface area contributed by atoms with Gasteiger partial charge in [-0.2, -0.15) is 0 Å². The summed E-state index contributed by atoms with van der Waals surface area (Å²) in [7, 11) is 1.92. The maximum Gasteiger partial charge on any atom is 0.124 e. The number of hydrogen-bond acceptors (Lipinski definition) is 3. The van der Waals surface area contributed by atoms with Gasteiger partial charge >= 0.3 is 0 Å². The lowest BCUT2D eigenvalue weighted by molar-refractivity contribution is 0.331. The first-order valence-corrected chi connectivity index (χ1v) is 7.54. The van der Waals surface area contributed by atoms with Crippen LogP contribution in [0.5, 0.6) is 5.75 Å². The van der Waals surface area contributed by atoms with Crippen molar-refractivity contribution in [2.45, 2.75) is 13.1 Å². The van der Waals surface area contributed by atoms with Gasteiger partial charge in [0.2, 0.25) is 0 Å². The molecule has 0 saturated heterocycles. The molecule has 0 unspecified atom stereocenters. The van der Waals surface area contributed by atoms with E-state index in [1.54, 1.807) is 0 Å². The molecule has 0 saturated carbocycles. The summed E-state index contributed by atoms with van der Waals surface area (Å²) in [4.78, 5) is 2.31. The van der Waals surface area contributed by atoms with Crippen LogP contribution in [0.3, 0.4) is 0 Å². The van der Waals surface area contributed by atoms with E-state index >= 15 is 0 Å². The summed E-state index contributed by atoms with van der Waals surface area (Å²) in [5.41, 5.74) is 3.47. The average Bonchev–Trinajstić information content (AvgIpc) is 2.71. The first-order chi connectivity index (χ1) is 10.3. The van der Waals surface area contributed by atoms with E-state index in [2.05, 4.69) is 34.5 Å². The molecular weight excluding hydrogens is 284 g/mol. The van der Waals surface area contributed by atoms with Crippen molar-refractivity contribution in [3.8, 4) is 5.75 Å². The van der Waals surface area contributed by atoms with Crippen LogP contribution in [0.4, 0.5) is 5.69 Å². The van der Waals surface area contributed by atoms with Crippen molar-refractivity contribution in [1.29, 1.82) is 0 Å². The number of benzene rings is 2. The Bertz CT molecular complexity index is 630. The lowest BCUT2D eigenvalue weighted by Crippen LogP contribution is -2.25. The number of fused-ring (bicyclic) bond motifs is 1. The second kappa shape index (κ2) is 6.37. The Labute approximate surface area is 130 Å². The molecular formula is C17H19ClN2O. The van der Waals surface area contributed by atoms with Crippen LogP contribution >= 0.6 is 11.6 Å². The second-order valence-corrected chi connectivity index (χ2v) is 5.59. The van der Waals surface area contributed by atoms with Crippen molar-refractivity contribution in [2.24, 2.45) is 0 Å². The molecule has 4 heteroatoms. The maximum atomic E-state index is 6.37. The minimum atomic E-state index is 0.687. The van der Waals surface area contributed by atoms with Gasteiger partial charge in [-0.25, -0.2) is 0 Å². The van der Waals surface area contributed by atoms with E-state index in [1.165, 1.54) is 5.56 Å². The highest BCUT2D eigenvalue weighted by atomic mass is 35.5. The zero-order valence-electron chi connectivity index (χ0n) is 12.1. The molecule has 0 atom stereocenters. The van der Waals surface area contributed by atoms with E-state index in [4.69, 9.17) is 16.3 Å². The van der Waals surface area contributed by atoms with Crippen molar-refractivity contribution >= 4 is 17.3 Å². The van der Waals surface area contributed by atoms with Gasteiger partial charge in [-0.1, -0.05) is 35.9 Å². The largest absolute Gasteiger partial charge is 0.491 e. The van der Waals surface area contributed by atoms with E-state index < -0.39 is 0 Å². The first-order valence-electron chi connectivity index (χ1n) is 7.16. The quantitative estimate of drug-likeness (QED) is 0.940. The summed E-state index contributed by atoms with van der Waals surface area (Å²) in [6.07, 6.45) is 0. The number of nitrogens with one attached hydrogen (secondary N) is 1. The summed E-state index contributed by atoms with van der Waals surface area (Å²) in [6, 6.07) is 14.5. The third-order valence-electron chi connectivity index (χ3n) is 3.72. The summed E-state index contributed by atoms with van der Waals surface area (Å²) in [5, 5.41) is 3.93. The fourth-order valence-corrected chi connectivity index (χ4v) is 2.85. The summed E-state index contributed by atoms with van der Waals surface area (Å²) in [5.74, 6) is 0.984. The lowest BCUT2D eigenvalue weighted by atomic mass is 10.1. The van der Waals surface area contributed by atoms with Crippen molar-refractivity contribution in [3.63, 3.8) is 0 Å². The molecule has 0 fully saturated rings. The molecule has 0 amide bonds. The highest BCUT2D eigenvalue weighted by Crippen LogP contribution is 2.28. The Morgan fingerprint density at radius 2 is 2.10 bits per heavy atom. The molecule has 0 aliphatic carbocycles. The standard InChI is InChI=1S/C17H19ClN2O/c1-19-11-13-6-7-15(10-16(13)18)20-8-9-21-17-5-3-2-4-14(17)12-20/h2-7,10,19H,8-9,11-12H2,1H3. The van der Waals surface area contributed by atoms with Gasteiger partial charge in [-0.05, 0) is 30.8 Å². The van der Waals surface area contributed by atoms with Crippen LogP contribution in [0.25, 0.3) is 0 Å². The average molecular weight is 303 g/mol. The zero-order chi connectivity index (χ0) is 14.7. The minimum absolute atomic E-state index is 0.687. The highest BCUT2D eigenvalue weighted by Gasteiger charge is 2.16. The molecule has 1 aliphatic heterocycles.